The van der Waals surface area contributed by atoms with Crippen molar-refractivity contribution in [2.75, 3.05) is 13.2 Å². The summed E-state index contributed by atoms with van der Waals surface area (Å²) in [6, 6.07) is 8.36. The highest BCUT2D eigenvalue weighted by atomic mass is 16.3. The number of nitrogens with one attached hydrogen (secondary N) is 2. The molecule has 1 aliphatic carbocycles. The molecule has 3 N–H and O–H groups in total. The van der Waals surface area contributed by atoms with Crippen LogP contribution in [0.3, 0.4) is 0 Å². The minimum absolute atomic E-state index is 0.0809. The molecule has 1 aromatic rings. The minimum atomic E-state index is -0.121. The van der Waals surface area contributed by atoms with E-state index in [-0.39, 0.29) is 30.0 Å². The number of hydrogen-bond donors (Lipinski definition) is 3. The Bertz CT molecular complexity index is 514. The second-order valence-corrected chi connectivity index (χ2v) is 7.03. The van der Waals surface area contributed by atoms with Crippen molar-refractivity contribution in [1.29, 1.82) is 0 Å². The maximum Gasteiger partial charge on any atom is 0.315 e. The van der Waals surface area contributed by atoms with E-state index in [1.54, 1.807) is 0 Å². The van der Waals surface area contributed by atoms with Gasteiger partial charge in [-0.05, 0) is 41.7 Å². The number of urea groups is 1. The maximum atomic E-state index is 12.1. The lowest BCUT2D eigenvalue weighted by Gasteiger charge is -2.37. The highest BCUT2D eigenvalue weighted by Gasteiger charge is 2.32. The van der Waals surface area contributed by atoms with Gasteiger partial charge in [-0.3, -0.25) is 0 Å². The lowest BCUT2D eigenvalue weighted by atomic mass is 9.71. The molecule has 0 saturated carbocycles. The average Bonchev–Trinajstić information content (AvgIpc) is 2.49. The first kappa shape index (κ1) is 16.8. The fraction of sp³-hybridized carbons (Fsp3) is 0.611. The monoisotopic (exact) mass is 304 g/mol. The molecule has 1 aliphatic rings. The van der Waals surface area contributed by atoms with Crippen LogP contribution in [0.4, 0.5) is 4.79 Å². The molecule has 1 aromatic carbocycles. The zero-order valence-corrected chi connectivity index (χ0v) is 13.9. The number of benzene rings is 1. The van der Waals surface area contributed by atoms with Crippen LogP contribution in [0.5, 0.6) is 0 Å². The van der Waals surface area contributed by atoms with Gasteiger partial charge in [-0.2, -0.15) is 0 Å². The Balaban J connectivity index is 1.98. The Morgan fingerprint density at radius 1 is 1.41 bits per heavy atom. The van der Waals surface area contributed by atoms with E-state index in [4.69, 9.17) is 5.11 Å². The lowest BCUT2D eigenvalue weighted by molar-refractivity contribution is 0.227. The van der Waals surface area contributed by atoms with Gasteiger partial charge in [0.05, 0.1) is 6.04 Å². The molecule has 4 heteroatoms. The van der Waals surface area contributed by atoms with E-state index in [0.29, 0.717) is 13.0 Å². The Hall–Kier alpha value is -1.55. The van der Waals surface area contributed by atoms with Gasteiger partial charge in [0.15, 0.2) is 0 Å². The standard InChI is InChI=1S/C18H28N2O2/c1-13(9-11-21)12-19-17(22)20-16-8-10-18(2,3)15-7-5-4-6-14(15)16/h4-7,13,16,21H,8-12H2,1-3H3,(H2,19,20,22). The first-order chi connectivity index (χ1) is 10.4. The summed E-state index contributed by atoms with van der Waals surface area (Å²) in [7, 11) is 0. The molecule has 0 fully saturated rings. The van der Waals surface area contributed by atoms with Crippen LogP contribution in [0, 0.1) is 5.92 Å². The molecule has 2 atom stereocenters. The molecule has 2 unspecified atom stereocenters. The molecular formula is C18H28N2O2. The van der Waals surface area contributed by atoms with Crippen LogP contribution in [0.1, 0.15) is 57.2 Å². The molecule has 2 amide bonds. The van der Waals surface area contributed by atoms with Crippen LogP contribution in [0.2, 0.25) is 0 Å². The molecule has 0 radical (unpaired) electrons. The van der Waals surface area contributed by atoms with E-state index in [9.17, 15) is 4.79 Å². The molecule has 0 aliphatic heterocycles. The summed E-state index contributed by atoms with van der Waals surface area (Å²) in [4.78, 5) is 12.1. The van der Waals surface area contributed by atoms with Crippen LogP contribution in [-0.2, 0) is 5.41 Å². The largest absolute Gasteiger partial charge is 0.396 e. The second-order valence-electron chi connectivity index (χ2n) is 7.03. The van der Waals surface area contributed by atoms with Crippen molar-refractivity contribution in [1.82, 2.24) is 10.6 Å². The summed E-state index contributed by atoms with van der Waals surface area (Å²) in [5.74, 6) is 0.285. The zero-order valence-electron chi connectivity index (χ0n) is 13.9. The Kier molecular flexibility index (Phi) is 5.46. The fourth-order valence-electron chi connectivity index (χ4n) is 3.16. The lowest BCUT2D eigenvalue weighted by Crippen LogP contribution is -2.42. The van der Waals surface area contributed by atoms with Crippen LogP contribution < -0.4 is 10.6 Å². The van der Waals surface area contributed by atoms with Crippen LogP contribution in [0.25, 0.3) is 0 Å². The quantitative estimate of drug-likeness (QED) is 0.782. The summed E-state index contributed by atoms with van der Waals surface area (Å²) in [5.41, 5.74) is 2.73. The van der Waals surface area contributed by atoms with Gasteiger partial charge in [0, 0.05) is 13.2 Å². The van der Waals surface area contributed by atoms with E-state index >= 15 is 0 Å². The number of aliphatic hydroxyl groups excluding tert-OH is 1. The minimum Gasteiger partial charge on any atom is -0.396 e. The fourth-order valence-corrected chi connectivity index (χ4v) is 3.16. The van der Waals surface area contributed by atoms with Gasteiger partial charge in [0.2, 0.25) is 0 Å². The van der Waals surface area contributed by atoms with Gasteiger partial charge in [-0.1, -0.05) is 45.0 Å². The number of amides is 2. The van der Waals surface area contributed by atoms with E-state index < -0.39 is 0 Å². The van der Waals surface area contributed by atoms with Crippen molar-refractivity contribution in [2.24, 2.45) is 5.92 Å². The van der Waals surface area contributed by atoms with Crippen molar-refractivity contribution in [3.8, 4) is 0 Å². The molecule has 4 nitrogen and oxygen atoms in total. The van der Waals surface area contributed by atoms with Gasteiger partial charge < -0.3 is 15.7 Å². The summed E-state index contributed by atoms with van der Waals surface area (Å²) in [5, 5.41) is 14.9. The number of rotatable bonds is 5. The molecule has 0 bridgehead atoms. The molecule has 2 rings (SSSR count). The number of fused-ring (bicyclic) bond motifs is 1. The predicted octanol–water partition coefficient (Wildman–Crippen LogP) is 3.12. The second kappa shape index (κ2) is 7.14. The van der Waals surface area contributed by atoms with Crippen LogP contribution in [-0.4, -0.2) is 24.3 Å². The first-order valence-electron chi connectivity index (χ1n) is 8.18. The third-order valence-corrected chi connectivity index (χ3v) is 4.66. The smallest absolute Gasteiger partial charge is 0.315 e. The van der Waals surface area contributed by atoms with Crippen molar-refractivity contribution in [3.63, 3.8) is 0 Å². The maximum absolute atomic E-state index is 12.1. The molecule has 22 heavy (non-hydrogen) atoms. The molecule has 0 saturated heterocycles. The van der Waals surface area contributed by atoms with E-state index in [1.165, 1.54) is 11.1 Å². The van der Waals surface area contributed by atoms with Gasteiger partial charge in [-0.15, -0.1) is 0 Å². The molecule has 0 heterocycles. The molecule has 0 spiro atoms. The van der Waals surface area contributed by atoms with Crippen LogP contribution >= 0.6 is 0 Å². The summed E-state index contributed by atoms with van der Waals surface area (Å²) in [6.45, 7) is 7.30. The zero-order chi connectivity index (χ0) is 16.2. The van der Waals surface area contributed by atoms with Gasteiger partial charge in [0.1, 0.15) is 0 Å². The normalized spacial score (nSPS) is 20.8. The van der Waals surface area contributed by atoms with Crippen molar-refractivity contribution in [2.45, 2.75) is 51.5 Å². The first-order valence-corrected chi connectivity index (χ1v) is 8.18. The number of aliphatic hydroxyl groups is 1. The Labute approximate surface area is 133 Å². The Morgan fingerprint density at radius 2 is 2.14 bits per heavy atom. The number of carbonyl (C=O) groups is 1. The predicted molar refractivity (Wildman–Crippen MR) is 88.8 cm³/mol. The number of hydrogen-bond acceptors (Lipinski definition) is 2. The third kappa shape index (κ3) is 4.01. The molecule has 0 aromatic heterocycles. The highest BCUT2D eigenvalue weighted by Crippen LogP contribution is 2.41. The van der Waals surface area contributed by atoms with E-state index in [0.717, 1.165) is 12.8 Å². The average molecular weight is 304 g/mol. The van der Waals surface area contributed by atoms with Crippen LogP contribution in [0.15, 0.2) is 24.3 Å². The highest BCUT2D eigenvalue weighted by molar-refractivity contribution is 5.74. The summed E-state index contributed by atoms with van der Waals surface area (Å²) < 4.78 is 0. The van der Waals surface area contributed by atoms with Gasteiger partial charge >= 0.3 is 6.03 Å². The van der Waals surface area contributed by atoms with Gasteiger partial charge in [-0.25, -0.2) is 4.79 Å². The van der Waals surface area contributed by atoms with Crippen molar-refractivity contribution in [3.05, 3.63) is 35.4 Å². The van der Waals surface area contributed by atoms with Crippen molar-refractivity contribution >= 4 is 6.03 Å². The summed E-state index contributed by atoms with van der Waals surface area (Å²) in [6.07, 6.45) is 2.74. The number of carbonyl (C=O) groups excluding carboxylic acids is 1. The summed E-state index contributed by atoms with van der Waals surface area (Å²) >= 11 is 0. The molecular weight excluding hydrogens is 276 g/mol. The van der Waals surface area contributed by atoms with Gasteiger partial charge in [0.25, 0.3) is 0 Å². The van der Waals surface area contributed by atoms with E-state index in [1.807, 2.05) is 13.0 Å². The Morgan fingerprint density at radius 3 is 2.86 bits per heavy atom. The van der Waals surface area contributed by atoms with E-state index in [2.05, 4.69) is 42.7 Å². The topological polar surface area (TPSA) is 61.4 Å². The third-order valence-electron chi connectivity index (χ3n) is 4.66. The molecule has 122 valence electrons. The van der Waals surface area contributed by atoms with Crippen molar-refractivity contribution < 1.29 is 9.90 Å². The SMILES string of the molecule is CC(CCO)CNC(=O)NC1CCC(C)(C)c2ccccc21.